The molecule has 0 amide bonds. The third-order valence-electron chi connectivity index (χ3n) is 3.83. The maximum Gasteiger partial charge on any atom is 0.00104 e. The number of rotatable bonds is 4. The molecule has 0 radical (unpaired) electrons. The summed E-state index contributed by atoms with van der Waals surface area (Å²) < 4.78 is 0. The zero-order valence-electron chi connectivity index (χ0n) is 11.3. The summed E-state index contributed by atoms with van der Waals surface area (Å²) in [7, 11) is 0. The maximum absolute atomic E-state index is 3.63. The molecule has 1 heteroatoms. The molecule has 0 aromatic carbocycles. The van der Waals surface area contributed by atoms with E-state index in [4.69, 9.17) is 0 Å². The number of nitrogens with one attached hydrogen (secondary N) is 1. The van der Waals surface area contributed by atoms with E-state index in [1.165, 1.54) is 32.2 Å². The molecule has 0 bridgehead atoms. The fourth-order valence-corrected chi connectivity index (χ4v) is 2.90. The van der Waals surface area contributed by atoms with Gasteiger partial charge < -0.3 is 5.32 Å². The molecule has 0 spiro atoms. The van der Waals surface area contributed by atoms with Crippen molar-refractivity contribution in [2.24, 2.45) is 17.3 Å². The molecular weight excluding hydrogens is 182 g/mol. The summed E-state index contributed by atoms with van der Waals surface area (Å²) in [5, 5.41) is 3.63. The Morgan fingerprint density at radius 1 is 1.13 bits per heavy atom. The van der Waals surface area contributed by atoms with Gasteiger partial charge in [0.15, 0.2) is 0 Å². The van der Waals surface area contributed by atoms with Crippen LogP contribution in [0.25, 0.3) is 0 Å². The average Bonchev–Trinajstić information content (AvgIpc) is 2.54. The van der Waals surface area contributed by atoms with Crippen molar-refractivity contribution >= 4 is 0 Å². The van der Waals surface area contributed by atoms with Crippen LogP contribution in [0.2, 0.25) is 0 Å². The Bertz CT molecular complexity index is 172. The summed E-state index contributed by atoms with van der Waals surface area (Å²) in [6.07, 6.45) is 5.83. The standard InChI is InChI=1S/C14H29N/c1-11(2)15-10-13(14(3,4)5)12-8-6-7-9-12/h11-13,15H,6-10H2,1-5H3. The molecule has 1 fully saturated rings. The van der Waals surface area contributed by atoms with Crippen LogP contribution < -0.4 is 5.32 Å². The summed E-state index contributed by atoms with van der Waals surface area (Å²) in [5.74, 6) is 1.82. The molecule has 90 valence electrons. The SMILES string of the molecule is CC(C)NCC(C1CCCC1)C(C)(C)C. The molecule has 1 atom stereocenters. The quantitative estimate of drug-likeness (QED) is 0.745. The van der Waals surface area contributed by atoms with E-state index in [2.05, 4.69) is 39.9 Å². The lowest BCUT2D eigenvalue weighted by atomic mass is 9.72. The lowest BCUT2D eigenvalue weighted by molar-refractivity contribution is 0.153. The first-order chi connectivity index (χ1) is 6.91. The van der Waals surface area contributed by atoms with E-state index < -0.39 is 0 Å². The van der Waals surface area contributed by atoms with Gasteiger partial charge in [0.1, 0.15) is 0 Å². The number of hydrogen-bond donors (Lipinski definition) is 1. The van der Waals surface area contributed by atoms with E-state index in [0.717, 1.165) is 11.8 Å². The van der Waals surface area contributed by atoms with Crippen LogP contribution in [0.4, 0.5) is 0 Å². The van der Waals surface area contributed by atoms with Gasteiger partial charge in [0.2, 0.25) is 0 Å². The molecule has 0 saturated heterocycles. The summed E-state index contributed by atoms with van der Waals surface area (Å²) >= 11 is 0. The van der Waals surface area contributed by atoms with Crippen molar-refractivity contribution in [3.63, 3.8) is 0 Å². The minimum Gasteiger partial charge on any atom is -0.314 e. The highest BCUT2D eigenvalue weighted by Crippen LogP contribution is 2.40. The first-order valence-corrected chi connectivity index (χ1v) is 6.64. The van der Waals surface area contributed by atoms with Gasteiger partial charge in [-0.15, -0.1) is 0 Å². The Hall–Kier alpha value is -0.0400. The topological polar surface area (TPSA) is 12.0 Å². The molecule has 0 aromatic rings. The van der Waals surface area contributed by atoms with Crippen LogP contribution in [0.15, 0.2) is 0 Å². The highest BCUT2D eigenvalue weighted by atomic mass is 14.9. The fraction of sp³-hybridized carbons (Fsp3) is 1.00. The first-order valence-electron chi connectivity index (χ1n) is 6.64. The van der Waals surface area contributed by atoms with Gasteiger partial charge >= 0.3 is 0 Å². The highest BCUT2D eigenvalue weighted by molar-refractivity contribution is 4.85. The zero-order chi connectivity index (χ0) is 11.5. The average molecular weight is 211 g/mol. The minimum absolute atomic E-state index is 0.455. The van der Waals surface area contributed by atoms with Gasteiger partial charge in [-0.05, 0) is 23.8 Å². The summed E-state index contributed by atoms with van der Waals surface area (Å²) in [6.45, 7) is 12.9. The van der Waals surface area contributed by atoms with E-state index >= 15 is 0 Å². The lowest BCUT2D eigenvalue weighted by Crippen LogP contribution is -2.38. The second kappa shape index (κ2) is 5.34. The van der Waals surface area contributed by atoms with Crippen molar-refractivity contribution in [2.45, 2.75) is 66.3 Å². The Kier molecular flexibility index (Phi) is 4.64. The Morgan fingerprint density at radius 2 is 1.67 bits per heavy atom. The van der Waals surface area contributed by atoms with E-state index in [1.54, 1.807) is 0 Å². The van der Waals surface area contributed by atoms with Crippen molar-refractivity contribution in [2.75, 3.05) is 6.54 Å². The van der Waals surface area contributed by atoms with Crippen molar-refractivity contribution in [1.82, 2.24) is 5.32 Å². The molecule has 1 unspecified atom stereocenters. The summed E-state index contributed by atoms with van der Waals surface area (Å²) in [6, 6.07) is 0.622. The van der Waals surface area contributed by atoms with Crippen LogP contribution in [-0.4, -0.2) is 12.6 Å². The molecule has 1 aliphatic carbocycles. The van der Waals surface area contributed by atoms with Gasteiger partial charge in [0.05, 0.1) is 0 Å². The van der Waals surface area contributed by atoms with Crippen LogP contribution in [0.1, 0.15) is 60.3 Å². The highest BCUT2D eigenvalue weighted by Gasteiger charge is 2.33. The molecule has 1 saturated carbocycles. The predicted molar refractivity (Wildman–Crippen MR) is 68.0 cm³/mol. The summed E-state index contributed by atoms with van der Waals surface area (Å²) in [5.41, 5.74) is 0.455. The molecule has 1 rings (SSSR count). The van der Waals surface area contributed by atoms with Crippen molar-refractivity contribution in [1.29, 1.82) is 0 Å². The first kappa shape index (κ1) is 13.0. The van der Waals surface area contributed by atoms with Crippen molar-refractivity contribution in [3.8, 4) is 0 Å². The molecule has 0 heterocycles. The molecule has 15 heavy (non-hydrogen) atoms. The monoisotopic (exact) mass is 211 g/mol. The van der Waals surface area contributed by atoms with Crippen LogP contribution in [0, 0.1) is 17.3 Å². The third kappa shape index (κ3) is 4.14. The maximum atomic E-state index is 3.63. The smallest absolute Gasteiger partial charge is 0.00104 e. The molecule has 0 aromatic heterocycles. The third-order valence-corrected chi connectivity index (χ3v) is 3.83. The van der Waals surface area contributed by atoms with Gasteiger partial charge in [-0.25, -0.2) is 0 Å². The van der Waals surface area contributed by atoms with Gasteiger partial charge in [-0.3, -0.25) is 0 Å². The predicted octanol–water partition coefficient (Wildman–Crippen LogP) is 3.84. The van der Waals surface area contributed by atoms with Gasteiger partial charge in [0.25, 0.3) is 0 Å². The van der Waals surface area contributed by atoms with Gasteiger partial charge in [-0.2, -0.15) is 0 Å². The van der Waals surface area contributed by atoms with E-state index in [0.29, 0.717) is 11.5 Å². The molecule has 0 aliphatic heterocycles. The molecule has 1 nitrogen and oxygen atoms in total. The normalized spacial score (nSPS) is 21.2. The van der Waals surface area contributed by atoms with E-state index in [1.807, 2.05) is 0 Å². The van der Waals surface area contributed by atoms with Gasteiger partial charge in [0, 0.05) is 6.04 Å². The minimum atomic E-state index is 0.455. The number of hydrogen-bond acceptors (Lipinski definition) is 1. The Labute approximate surface area is 96.0 Å². The molecule has 1 N–H and O–H groups in total. The molecular formula is C14H29N. The molecule has 1 aliphatic rings. The Morgan fingerprint density at radius 3 is 2.07 bits per heavy atom. The largest absolute Gasteiger partial charge is 0.314 e. The van der Waals surface area contributed by atoms with Gasteiger partial charge in [-0.1, -0.05) is 60.3 Å². The van der Waals surface area contributed by atoms with Crippen LogP contribution >= 0.6 is 0 Å². The Balaban J connectivity index is 2.52. The van der Waals surface area contributed by atoms with Crippen molar-refractivity contribution in [3.05, 3.63) is 0 Å². The van der Waals surface area contributed by atoms with Crippen molar-refractivity contribution < 1.29 is 0 Å². The van der Waals surface area contributed by atoms with E-state index in [-0.39, 0.29) is 0 Å². The fourth-order valence-electron chi connectivity index (χ4n) is 2.90. The van der Waals surface area contributed by atoms with Crippen LogP contribution in [0.5, 0.6) is 0 Å². The van der Waals surface area contributed by atoms with Crippen LogP contribution in [-0.2, 0) is 0 Å². The second-order valence-corrected chi connectivity index (χ2v) is 6.58. The van der Waals surface area contributed by atoms with Crippen LogP contribution in [0.3, 0.4) is 0 Å². The summed E-state index contributed by atoms with van der Waals surface area (Å²) in [4.78, 5) is 0. The lowest BCUT2D eigenvalue weighted by Gasteiger charge is -2.36. The van der Waals surface area contributed by atoms with E-state index in [9.17, 15) is 0 Å². The second-order valence-electron chi connectivity index (χ2n) is 6.58. The zero-order valence-corrected chi connectivity index (χ0v) is 11.3.